The summed E-state index contributed by atoms with van der Waals surface area (Å²) in [4.78, 5) is 6.71. The molecule has 5 nitrogen and oxygen atoms in total. The van der Waals surface area contributed by atoms with E-state index in [1.54, 1.807) is 25.3 Å². The van der Waals surface area contributed by atoms with Crippen molar-refractivity contribution in [3.8, 4) is 17.0 Å². The van der Waals surface area contributed by atoms with Crippen molar-refractivity contribution in [1.82, 2.24) is 15.2 Å². The van der Waals surface area contributed by atoms with Crippen molar-refractivity contribution in [3.05, 3.63) is 66.1 Å². The second-order valence-corrected chi connectivity index (χ2v) is 6.21. The normalized spacial score (nSPS) is 16.7. The third kappa shape index (κ3) is 2.98. The van der Waals surface area contributed by atoms with Gasteiger partial charge in [-0.05, 0) is 31.0 Å². The van der Waals surface area contributed by atoms with Crippen LogP contribution in [0.25, 0.3) is 11.3 Å². The van der Waals surface area contributed by atoms with Gasteiger partial charge >= 0.3 is 0 Å². The lowest BCUT2D eigenvalue weighted by molar-refractivity contribution is 0.405. The highest BCUT2D eigenvalue weighted by Gasteiger charge is 2.30. The predicted molar refractivity (Wildman–Crippen MR) is 97.5 cm³/mol. The molecule has 1 atom stereocenters. The first-order valence-electron chi connectivity index (χ1n) is 8.62. The van der Waals surface area contributed by atoms with Gasteiger partial charge in [-0.1, -0.05) is 30.3 Å². The third-order valence-electron chi connectivity index (χ3n) is 4.71. The van der Waals surface area contributed by atoms with Crippen LogP contribution in [0.4, 0.5) is 10.3 Å². The molecule has 0 amide bonds. The van der Waals surface area contributed by atoms with Gasteiger partial charge in [-0.3, -0.25) is 0 Å². The van der Waals surface area contributed by atoms with E-state index in [9.17, 15) is 4.39 Å². The van der Waals surface area contributed by atoms with Crippen LogP contribution in [0.2, 0.25) is 0 Å². The largest absolute Gasteiger partial charge is 0.496 e. The van der Waals surface area contributed by atoms with E-state index in [0.29, 0.717) is 17.2 Å². The van der Waals surface area contributed by atoms with Gasteiger partial charge in [0.15, 0.2) is 0 Å². The molecule has 1 saturated heterocycles. The maximum absolute atomic E-state index is 14.1. The zero-order valence-corrected chi connectivity index (χ0v) is 14.5. The summed E-state index contributed by atoms with van der Waals surface area (Å²) < 4.78 is 19.6. The molecule has 1 aliphatic heterocycles. The number of aromatic nitrogens is 3. The molecule has 0 spiro atoms. The molecule has 0 bridgehead atoms. The van der Waals surface area contributed by atoms with Crippen LogP contribution in [-0.2, 0) is 0 Å². The van der Waals surface area contributed by atoms with Crippen molar-refractivity contribution < 1.29 is 9.13 Å². The van der Waals surface area contributed by atoms with Crippen molar-refractivity contribution in [3.63, 3.8) is 0 Å². The number of hydrogen-bond acceptors (Lipinski definition) is 5. The maximum atomic E-state index is 14.1. The molecular formula is C20H19FN4O. The molecule has 2 aromatic carbocycles. The number of methoxy groups -OCH3 is 1. The fourth-order valence-corrected chi connectivity index (χ4v) is 3.49. The number of hydrogen-bond donors (Lipinski definition) is 0. The van der Waals surface area contributed by atoms with Crippen molar-refractivity contribution in [1.29, 1.82) is 0 Å². The standard InChI is InChI=1S/C20H19FN4O/c1-26-19-11-5-3-8-15(19)18-10-6-12-25(18)20-23-17(13-22-24-20)14-7-2-4-9-16(14)21/h2-5,7-9,11,13,18H,6,10,12H2,1H3/t18-/m1/s1. The highest BCUT2D eigenvalue weighted by atomic mass is 19.1. The van der Waals surface area contributed by atoms with Gasteiger partial charge in [0, 0.05) is 17.7 Å². The minimum atomic E-state index is -0.318. The quantitative estimate of drug-likeness (QED) is 0.711. The first-order chi connectivity index (χ1) is 12.8. The van der Waals surface area contributed by atoms with Crippen LogP contribution in [0, 0.1) is 5.82 Å². The van der Waals surface area contributed by atoms with Crippen LogP contribution in [0.1, 0.15) is 24.4 Å². The molecule has 2 heterocycles. The molecule has 0 radical (unpaired) electrons. The Labute approximate surface area is 151 Å². The van der Waals surface area contributed by atoms with Crippen molar-refractivity contribution in [2.75, 3.05) is 18.6 Å². The molecule has 4 rings (SSSR count). The van der Waals surface area contributed by atoms with Crippen LogP contribution in [0.15, 0.2) is 54.7 Å². The Morgan fingerprint density at radius 1 is 1.12 bits per heavy atom. The number of anilines is 1. The molecule has 1 aromatic heterocycles. The molecule has 1 fully saturated rings. The zero-order chi connectivity index (χ0) is 17.9. The minimum Gasteiger partial charge on any atom is -0.496 e. The smallest absolute Gasteiger partial charge is 0.246 e. The Balaban J connectivity index is 1.71. The number of halogens is 1. The van der Waals surface area contributed by atoms with Crippen LogP contribution in [-0.4, -0.2) is 28.8 Å². The van der Waals surface area contributed by atoms with Gasteiger partial charge < -0.3 is 9.64 Å². The summed E-state index contributed by atoms with van der Waals surface area (Å²) in [5.74, 6) is 1.04. The van der Waals surface area contributed by atoms with Gasteiger partial charge in [0.2, 0.25) is 5.95 Å². The fraction of sp³-hybridized carbons (Fsp3) is 0.250. The second-order valence-electron chi connectivity index (χ2n) is 6.21. The lowest BCUT2D eigenvalue weighted by Gasteiger charge is -2.26. The number of ether oxygens (including phenoxy) is 1. The van der Waals surface area contributed by atoms with Gasteiger partial charge in [-0.15, -0.1) is 5.10 Å². The highest BCUT2D eigenvalue weighted by Crippen LogP contribution is 2.38. The van der Waals surface area contributed by atoms with E-state index in [2.05, 4.69) is 26.1 Å². The monoisotopic (exact) mass is 350 g/mol. The summed E-state index contributed by atoms with van der Waals surface area (Å²) in [5, 5.41) is 8.27. The molecule has 0 saturated carbocycles. The number of para-hydroxylation sites is 1. The summed E-state index contributed by atoms with van der Waals surface area (Å²) >= 11 is 0. The van der Waals surface area contributed by atoms with E-state index < -0.39 is 0 Å². The van der Waals surface area contributed by atoms with Gasteiger partial charge in [-0.25, -0.2) is 9.37 Å². The van der Waals surface area contributed by atoms with Gasteiger partial charge in [0.1, 0.15) is 11.6 Å². The summed E-state index contributed by atoms with van der Waals surface area (Å²) in [7, 11) is 1.68. The van der Waals surface area contributed by atoms with Crippen LogP contribution in [0.3, 0.4) is 0 Å². The lowest BCUT2D eigenvalue weighted by Crippen LogP contribution is -2.25. The predicted octanol–water partition coefficient (Wildman–Crippen LogP) is 4.03. The highest BCUT2D eigenvalue weighted by molar-refractivity contribution is 5.60. The first kappa shape index (κ1) is 16.4. The van der Waals surface area contributed by atoms with Crippen molar-refractivity contribution in [2.45, 2.75) is 18.9 Å². The number of rotatable bonds is 4. The maximum Gasteiger partial charge on any atom is 0.246 e. The zero-order valence-electron chi connectivity index (χ0n) is 14.5. The average molecular weight is 350 g/mol. The molecule has 0 unspecified atom stereocenters. The summed E-state index contributed by atoms with van der Waals surface area (Å²) in [6, 6.07) is 14.7. The summed E-state index contributed by atoms with van der Waals surface area (Å²) in [6.45, 7) is 0.825. The molecule has 0 aliphatic carbocycles. The molecular weight excluding hydrogens is 331 g/mol. The average Bonchev–Trinajstić information content (AvgIpc) is 3.18. The van der Waals surface area contributed by atoms with Gasteiger partial charge in [0.25, 0.3) is 0 Å². The second kappa shape index (κ2) is 7.07. The van der Waals surface area contributed by atoms with Crippen LogP contribution >= 0.6 is 0 Å². The molecule has 1 aliphatic rings. The van der Waals surface area contributed by atoms with Gasteiger partial charge in [-0.2, -0.15) is 5.10 Å². The molecule has 26 heavy (non-hydrogen) atoms. The first-order valence-corrected chi connectivity index (χ1v) is 8.62. The van der Waals surface area contributed by atoms with E-state index in [4.69, 9.17) is 4.74 Å². The van der Waals surface area contributed by atoms with Crippen molar-refractivity contribution in [2.24, 2.45) is 0 Å². The summed E-state index contributed by atoms with van der Waals surface area (Å²) in [6.07, 6.45) is 3.50. The van der Waals surface area contributed by atoms with Crippen LogP contribution < -0.4 is 9.64 Å². The minimum absolute atomic E-state index is 0.115. The topological polar surface area (TPSA) is 51.1 Å². The Hall–Kier alpha value is -3.02. The molecule has 0 N–H and O–H groups in total. The number of nitrogens with zero attached hydrogens (tertiary/aromatic N) is 4. The van der Waals surface area contributed by atoms with Crippen LogP contribution in [0.5, 0.6) is 5.75 Å². The van der Waals surface area contributed by atoms with Crippen molar-refractivity contribution >= 4 is 5.95 Å². The Kier molecular flexibility index (Phi) is 4.48. The van der Waals surface area contributed by atoms with E-state index in [-0.39, 0.29) is 11.9 Å². The molecule has 132 valence electrons. The van der Waals surface area contributed by atoms with Gasteiger partial charge in [0.05, 0.1) is 25.0 Å². The summed E-state index contributed by atoms with van der Waals surface area (Å²) in [5.41, 5.74) is 2.02. The van der Waals surface area contributed by atoms with E-state index in [0.717, 1.165) is 30.7 Å². The Bertz CT molecular complexity index is 918. The molecule has 3 aromatic rings. The SMILES string of the molecule is COc1ccccc1[C@H]1CCCN1c1nncc(-c2ccccc2F)n1. The Morgan fingerprint density at radius 3 is 2.77 bits per heavy atom. The number of benzene rings is 2. The van der Waals surface area contributed by atoms with E-state index >= 15 is 0 Å². The lowest BCUT2D eigenvalue weighted by atomic mass is 10.0. The fourth-order valence-electron chi connectivity index (χ4n) is 3.49. The van der Waals surface area contributed by atoms with E-state index in [1.165, 1.54) is 12.3 Å². The Morgan fingerprint density at radius 2 is 1.92 bits per heavy atom. The third-order valence-corrected chi connectivity index (χ3v) is 4.71. The molecule has 6 heteroatoms. The van der Waals surface area contributed by atoms with E-state index in [1.807, 2.05) is 18.2 Å².